The number of hydrogen-bond donors (Lipinski definition) is 8. The lowest BCUT2D eigenvalue weighted by Crippen LogP contribution is -2.56. The fraction of sp³-hybridized carbons (Fsp3) is 0.455. The van der Waals surface area contributed by atoms with E-state index in [1.165, 1.54) is 6.92 Å². The first-order valence-corrected chi connectivity index (χ1v) is 11.1. The molecule has 0 saturated heterocycles. The lowest BCUT2D eigenvalue weighted by molar-refractivity contribution is -0.143. The minimum Gasteiger partial charge on any atom is -0.481 e. The maximum Gasteiger partial charge on any atom is 0.326 e. The molecule has 0 aliphatic rings. The Kier molecular flexibility index (Phi) is 12.4. The molecule has 1 rings (SSSR count). The number of guanidine groups is 1. The normalized spacial score (nSPS) is 13.8. The van der Waals surface area contributed by atoms with Crippen LogP contribution in [-0.4, -0.2) is 76.5 Å². The number of carbonyl (C=O) groups excluding carboxylic acids is 3. The van der Waals surface area contributed by atoms with Gasteiger partial charge < -0.3 is 43.4 Å². The Labute approximate surface area is 207 Å². The number of rotatable bonds is 15. The molecule has 0 radical (unpaired) electrons. The Balaban J connectivity index is 2.74. The van der Waals surface area contributed by atoms with Crippen molar-refractivity contribution in [3.8, 4) is 0 Å². The van der Waals surface area contributed by atoms with E-state index in [0.29, 0.717) is 0 Å². The van der Waals surface area contributed by atoms with Crippen LogP contribution in [0.15, 0.2) is 35.3 Å². The van der Waals surface area contributed by atoms with Crippen molar-refractivity contribution in [1.82, 2.24) is 16.0 Å². The van der Waals surface area contributed by atoms with Gasteiger partial charge in [-0.1, -0.05) is 30.3 Å². The summed E-state index contributed by atoms with van der Waals surface area (Å²) in [5, 5.41) is 25.4. The molecule has 14 heteroatoms. The molecule has 0 fully saturated rings. The number of aliphatic carboxylic acids is 2. The number of benzene rings is 1. The maximum absolute atomic E-state index is 12.6. The third-order valence-electron chi connectivity index (χ3n) is 4.96. The predicted octanol–water partition coefficient (Wildman–Crippen LogP) is -2.36. The molecule has 1 aromatic rings. The average Bonchev–Trinajstić information content (AvgIpc) is 2.80. The fourth-order valence-electron chi connectivity index (χ4n) is 3.06. The first-order valence-electron chi connectivity index (χ1n) is 11.1. The standard InChI is InChI=1S/C22H33N7O7/c1-12(27-19(33)14(23)10-13-6-3-2-4-7-13)18(32)29-16(11-17(30)31)20(34)28-15(21(35)36)8-5-9-26-22(24)25/h2-4,6-7,12,14-16H,5,8-11,23H2,1H3,(H,27,33)(H,28,34)(H,29,32)(H,30,31)(H,35,36)(H4,24,25,26). The van der Waals surface area contributed by atoms with Gasteiger partial charge in [0.25, 0.3) is 0 Å². The van der Waals surface area contributed by atoms with Crippen LogP contribution in [-0.2, 0) is 30.4 Å². The van der Waals surface area contributed by atoms with Crippen molar-refractivity contribution in [3.05, 3.63) is 35.9 Å². The van der Waals surface area contributed by atoms with Gasteiger partial charge in [0.15, 0.2) is 5.96 Å². The van der Waals surface area contributed by atoms with Crippen LogP contribution in [0.1, 0.15) is 31.7 Å². The molecule has 198 valence electrons. The molecular weight excluding hydrogens is 474 g/mol. The third-order valence-corrected chi connectivity index (χ3v) is 4.96. The second-order valence-electron chi connectivity index (χ2n) is 8.03. The summed E-state index contributed by atoms with van der Waals surface area (Å²) >= 11 is 0. The Bertz CT molecular complexity index is 951. The summed E-state index contributed by atoms with van der Waals surface area (Å²) < 4.78 is 0. The van der Waals surface area contributed by atoms with E-state index >= 15 is 0 Å². The minimum absolute atomic E-state index is 0.0443. The number of carbonyl (C=O) groups is 5. The Hall–Kier alpha value is -4.20. The van der Waals surface area contributed by atoms with Crippen molar-refractivity contribution in [2.45, 2.75) is 56.8 Å². The fourth-order valence-corrected chi connectivity index (χ4v) is 3.06. The molecule has 0 aromatic heterocycles. The zero-order valence-electron chi connectivity index (χ0n) is 19.8. The highest BCUT2D eigenvalue weighted by atomic mass is 16.4. The van der Waals surface area contributed by atoms with Gasteiger partial charge in [-0.2, -0.15) is 0 Å². The molecule has 0 spiro atoms. The molecule has 36 heavy (non-hydrogen) atoms. The first-order chi connectivity index (χ1) is 16.9. The summed E-state index contributed by atoms with van der Waals surface area (Å²) in [7, 11) is 0. The van der Waals surface area contributed by atoms with Crippen molar-refractivity contribution in [3.63, 3.8) is 0 Å². The zero-order chi connectivity index (χ0) is 27.3. The Morgan fingerprint density at radius 1 is 0.917 bits per heavy atom. The van der Waals surface area contributed by atoms with Gasteiger partial charge in [0.2, 0.25) is 17.7 Å². The molecule has 4 atom stereocenters. The molecule has 1 aromatic carbocycles. The number of carboxylic acid groups (broad SMARTS) is 2. The van der Waals surface area contributed by atoms with E-state index in [4.69, 9.17) is 22.3 Å². The molecular formula is C22H33N7O7. The number of hydrogen-bond acceptors (Lipinski definition) is 7. The van der Waals surface area contributed by atoms with Crippen LogP contribution >= 0.6 is 0 Å². The van der Waals surface area contributed by atoms with E-state index in [0.717, 1.165) is 5.56 Å². The van der Waals surface area contributed by atoms with E-state index in [9.17, 15) is 29.1 Å². The highest BCUT2D eigenvalue weighted by Crippen LogP contribution is 2.04. The van der Waals surface area contributed by atoms with Gasteiger partial charge in [-0.15, -0.1) is 0 Å². The molecule has 3 amide bonds. The van der Waals surface area contributed by atoms with E-state index in [1.807, 2.05) is 6.07 Å². The van der Waals surface area contributed by atoms with Crippen LogP contribution in [0.3, 0.4) is 0 Å². The number of nitrogens with one attached hydrogen (secondary N) is 3. The molecule has 0 heterocycles. The predicted molar refractivity (Wildman–Crippen MR) is 129 cm³/mol. The summed E-state index contributed by atoms with van der Waals surface area (Å²) in [6.45, 7) is 1.46. The van der Waals surface area contributed by atoms with Gasteiger partial charge in [-0.25, -0.2) is 4.79 Å². The summed E-state index contributed by atoms with van der Waals surface area (Å²) in [5.41, 5.74) is 17.1. The molecule has 0 saturated carbocycles. The number of aliphatic imine (C=N–C) groups is 1. The highest BCUT2D eigenvalue weighted by Gasteiger charge is 2.30. The van der Waals surface area contributed by atoms with Gasteiger partial charge in [0, 0.05) is 6.54 Å². The van der Waals surface area contributed by atoms with E-state index in [2.05, 4.69) is 20.9 Å². The van der Waals surface area contributed by atoms with E-state index in [-0.39, 0.29) is 31.8 Å². The Morgan fingerprint density at radius 2 is 1.53 bits per heavy atom. The lowest BCUT2D eigenvalue weighted by Gasteiger charge is -2.23. The van der Waals surface area contributed by atoms with Crippen LogP contribution in [0, 0.1) is 0 Å². The largest absolute Gasteiger partial charge is 0.481 e. The molecule has 0 aliphatic carbocycles. The topological polar surface area (TPSA) is 252 Å². The smallest absolute Gasteiger partial charge is 0.326 e. The van der Waals surface area contributed by atoms with Gasteiger partial charge in [0.1, 0.15) is 18.1 Å². The van der Waals surface area contributed by atoms with E-state index in [1.54, 1.807) is 24.3 Å². The number of carboxylic acids is 2. The maximum atomic E-state index is 12.6. The van der Waals surface area contributed by atoms with Gasteiger partial charge in [-0.05, 0) is 31.7 Å². The lowest BCUT2D eigenvalue weighted by atomic mass is 10.1. The summed E-state index contributed by atoms with van der Waals surface area (Å²) in [4.78, 5) is 64.0. The van der Waals surface area contributed by atoms with Gasteiger partial charge in [0.05, 0.1) is 12.5 Å². The van der Waals surface area contributed by atoms with E-state index < -0.39 is 60.2 Å². The van der Waals surface area contributed by atoms with Crippen molar-refractivity contribution in [2.24, 2.45) is 22.2 Å². The second-order valence-corrected chi connectivity index (χ2v) is 8.03. The quantitative estimate of drug-likeness (QED) is 0.0712. The minimum atomic E-state index is -1.59. The summed E-state index contributed by atoms with van der Waals surface area (Å²) in [6, 6.07) is 3.93. The molecule has 14 nitrogen and oxygen atoms in total. The van der Waals surface area contributed by atoms with Crippen LogP contribution in [0.25, 0.3) is 0 Å². The van der Waals surface area contributed by atoms with Crippen LogP contribution in [0.2, 0.25) is 0 Å². The molecule has 4 unspecified atom stereocenters. The van der Waals surface area contributed by atoms with Gasteiger partial charge in [-0.3, -0.25) is 24.2 Å². The SMILES string of the molecule is CC(NC(=O)C(N)Cc1ccccc1)C(=O)NC(CC(=O)O)C(=O)NC(CCCN=C(N)N)C(=O)O. The molecule has 0 aliphatic heterocycles. The second kappa shape index (κ2) is 14.9. The van der Waals surface area contributed by atoms with Crippen molar-refractivity contribution in [2.75, 3.05) is 6.54 Å². The molecule has 0 bridgehead atoms. The highest BCUT2D eigenvalue weighted by molar-refractivity contribution is 5.95. The van der Waals surface area contributed by atoms with Crippen molar-refractivity contribution in [1.29, 1.82) is 0 Å². The average molecular weight is 508 g/mol. The number of amides is 3. The first kappa shape index (κ1) is 29.8. The summed E-state index contributed by atoms with van der Waals surface area (Å²) in [6.07, 6.45) is -0.411. The summed E-state index contributed by atoms with van der Waals surface area (Å²) in [5.74, 6) is -5.42. The van der Waals surface area contributed by atoms with Crippen molar-refractivity contribution >= 4 is 35.6 Å². The number of nitrogens with zero attached hydrogens (tertiary/aromatic N) is 1. The zero-order valence-corrected chi connectivity index (χ0v) is 19.8. The van der Waals surface area contributed by atoms with Crippen LogP contribution in [0.5, 0.6) is 0 Å². The van der Waals surface area contributed by atoms with Crippen LogP contribution in [0.4, 0.5) is 0 Å². The monoisotopic (exact) mass is 507 g/mol. The van der Waals surface area contributed by atoms with Crippen molar-refractivity contribution < 1.29 is 34.2 Å². The molecule has 11 N–H and O–H groups in total. The third kappa shape index (κ3) is 11.3. The Morgan fingerprint density at radius 3 is 2.08 bits per heavy atom. The number of nitrogens with two attached hydrogens (primary N) is 3. The van der Waals surface area contributed by atoms with Crippen LogP contribution < -0.4 is 33.2 Å². The van der Waals surface area contributed by atoms with Gasteiger partial charge >= 0.3 is 11.9 Å².